The molecule has 408 valence electrons. The van der Waals surface area contributed by atoms with E-state index < -0.39 is 0 Å². The molecule has 8 aromatic carbocycles. The van der Waals surface area contributed by atoms with Gasteiger partial charge in [0.25, 0.3) is 0 Å². The van der Waals surface area contributed by atoms with E-state index in [-0.39, 0.29) is 42.1 Å². The second-order valence-corrected chi connectivity index (χ2v) is 18.5. The van der Waals surface area contributed by atoms with Crippen molar-refractivity contribution < 1.29 is 42.1 Å². The van der Waals surface area contributed by atoms with Gasteiger partial charge in [-0.2, -0.15) is 60.7 Å². The first-order chi connectivity index (χ1) is 38.2. The molecular formula is C68H60N10Pt2-6. The maximum atomic E-state index is 4.60. The first-order valence-corrected chi connectivity index (χ1v) is 25.7. The van der Waals surface area contributed by atoms with Crippen molar-refractivity contribution in [1.82, 2.24) is 9.97 Å². The summed E-state index contributed by atoms with van der Waals surface area (Å²) < 4.78 is 0. The van der Waals surface area contributed by atoms with Crippen LogP contribution in [0.2, 0.25) is 0 Å². The normalized spacial score (nSPS) is 11.9. The molecule has 10 aromatic rings. The van der Waals surface area contributed by atoms with Crippen LogP contribution in [0.25, 0.3) is 10.6 Å². The Bertz CT molecular complexity index is 3270. The maximum absolute atomic E-state index is 4.60. The quantitative estimate of drug-likeness (QED) is 0.0770. The van der Waals surface area contributed by atoms with Gasteiger partial charge in [0.15, 0.2) is 0 Å². The number of nitrogens with zero attached hydrogens (tertiary/aromatic N) is 10. The van der Waals surface area contributed by atoms with Crippen molar-refractivity contribution in [1.29, 1.82) is 0 Å². The van der Waals surface area contributed by atoms with Crippen LogP contribution in [0.1, 0.15) is 33.4 Å². The van der Waals surface area contributed by atoms with E-state index >= 15 is 0 Å². The summed E-state index contributed by atoms with van der Waals surface area (Å²) in [7, 11) is 0. The first-order valence-electron chi connectivity index (χ1n) is 25.7. The van der Waals surface area contributed by atoms with Crippen LogP contribution in [-0.2, 0) is 42.1 Å². The molecule has 12 rings (SSSR count). The van der Waals surface area contributed by atoms with E-state index in [0.29, 0.717) is 0 Å². The minimum absolute atomic E-state index is 0. The van der Waals surface area contributed by atoms with E-state index in [9.17, 15) is 0 Å². The standard InChI is InChI=1S/2C21H19N3.2C13H11N2.2Pt/c2*1-15-12-16(2)20(17(3)13-15)24-14-23(18-8-5-4-6-9-18)21-19(24)10-7-11-22-21;2*1-3-7-12(8-4-1)14-11-15-13-9-5-2-6-10-13;;/h2*4-8,10-14H,1-3H3;2*1-11H;;/q2*-2;2*-1;;. The van der Waals surface area contributed by atoms with Gasteiger partial charge >= 0.3 is 0 Å². The van der Waals surface area contributed by atoms with Crippen molar-refractivity contribution in [2.45, 2.75) is 41.5 Å². The molecule has 2 aromatic heterocycles. The molecule has 10 nitrogen and oxygen atoms in total. The number of fused-ring (bicyclic) bond motifs is 2. The van der Waals surface area contributed by atoms with Crippen molar-refractivity contribution in [3.63, 3.8) is 0 Å². The number of rotatable bonds is 10. The second kappa shape index (κ2) is 29.5. The van der Waals surface area contributed by atoms with Gasteiger partial charge in [-0.15, -0.1) is 24.7 Å². The summed E-state index contributed by atoms with van der Waals surface area (Å²) in [4.78, 5) is 26.3. The topological polar surface area (TPSA) is 91.7 Å². The predicted molar refractivity (Wildman–Crippen MR) is 326 cm³/mol. The number of para-hydroxylation sites is 6. The molecule has 2 aliphatic rings. The SMILES string of the molecule is C(=Nc1ccccc1)[N-]c1ccccc1.C(=Nc1ccccc1)[N-]c1ccccc1.Cc1cc(C)c(N2[CH-]N(c3[c-]cccc3)c3ncccc32)c(C)c1.Cc1cc(C)c(N2[CH-]N(c3[c-]cccc3)c3ncccc32)c(C)c1.[Pt].[Pt]. The molecule has 0 aliphatic carbocycles. The number of aromatic nitrogens is 2. The van der Waals surface area contributed by atoms with E-state index in [1.54, 1.807) is 12.7 Å². The van der Waals surface area contributed by atoms with Gasteiger partial charge in [-0.1, -0.05) is 169 Å². The molecule has 0 atom stereocenters. The number of hydrogen-bond donors (Lipinski definition) is 0. The van der Waals surface area contributed by atoms with Crippen molar-refractivity contribution in [3.8, 4) is 0 Å². The molecule has 0 saturated carbocycles. The Morgan fingerprint density at radius 1 is 0.400 bits per heavy atom. The Hall–Kier alpha value is -8.42. The number of benzene rings is 8. The fraction of sp³-hybridized carbons (Fsp3) is 0.0882. The Kier molecular flexibility index (Phi) is 21.9. The molecule has 0 N–H and O–H groups in total. The Labute approximate surface area is 501 Å². The van der Waals surface area contributed by atoms with Crippen molar-refractivity contribution >= 4 is 81.2 Å². The Morgan fingerprint density at radius 3 is 1.07 bits per heavy atom. The van der Waals surface area contributed by atoms with Gasteiger partial charge in [0, 0.05) is 65.9 Å². The van der Waals surface area contributed by atoms with Gasteiger partial charge in [-0.25, -0.2) is 9.97 Å². The monoisotopic (exact) mass is 1410 g/mol. The molecule has 0 bridgehead atoms. The molecule has 12 heteroatoms. The predicted octanol–water partition coefficient (Wildman–Crippen LogP) is 18.5. The van der Waals surface area contributed by atoms with E-state index in [2.05, 4.69) is 154 Å². The second-order valence-electron chi connectivity index (χ2n) is 18.5. The smallest absolute Gasteiger partial charge is 0.124 e. The first kappa shape index (κ1) is 59.2. The number of hydrogen-bond acceptors (Lipinski definition) is 8. The van der Waals surface area contributed by atoms with E-state index in [4.69, 9.17) is 0 Å². The van der Waals surface area contributed by atoms with E-state index in [1.807, 2.05) is 194 Å². The third-order valence-electron chi connectivity index (χ3n) is 12.5. The van der Waals surface area contributed by atoms with Gasteiger partial charge < -0.3 is 40.2 Å². The number of aryl methyl sites for hydroxylation is 6. The minimum atomic E-state index is 0. The van der Waals surface area contributed by atoms with Crippen LogP contribution < -0.4 is 19.6 Å². The Balaban J connectivity index is 0.000000157. The van der Waals surface area contributed by atoms with Gasteiger partial charge in [0.1, 0.15) is 11.6 Å². The molecule has 4 heterocycles. The average Bonchev–Trinajstić information content (AvgIpc) is 4.21. The van der Waals surface area contributed by atoms with Crippen LogP contribution in [0.5, 0.6) is 0 Å². The molecule has 0 spiro atoms. The molecular weight excluding hydrogens is 1350 g/mol. The molecule has 80 heavy (non-hydrogen) atoms. The van der Waals surface area contributed by atoms with Crippen LogP contribution in [0, 0.1) is 67.0 Å². The summed E-state index contributed by atoms with van der Waals surface area (Å²) >= 11 is 0. The summed E-state index contributed by atoms with van der Waals surface area (Å²) in [6, 6.07) is 78.6. The molecule has 0 amide bonds. The van der Waals surface area contributed by atoms with Gasteiger partial charge in [-0.05, 0) is 111 Å². The van der Waals surface area contributed by atoms with Crippen LogP contribution in [-0.4, -0.2) is 22.6 Å². The van der Waals surface area contributed by atoms with Gasteiger partial charge in [0.05, 0.1) is 11.4 Å². The van der Waals surface area contributed by atoms with Crippen LogP contribution in [0.15, 0.2) is 241 Å². The fourth-order valence-electron chi connectivity index (χ4n) is 9.25. The average molecular weight is 1410 g/mol. The minimum Gasteiger partial charge on any atom is -0.478 e. The summed E-state index contributed by atoms with van der Waals surface area (Å²) in [5, 5.41) is 8.42. The van der Waals surface area contributed by atoms with E-state index in [1.165, 1.54) is 44.8 Å². The zero-order chi connectivity index (χ0) is 54.1. The third-order valence-corrected chi connectivity index (χ3v) is 12.5. The summed E-state index contributed by atoms with van der Waals surface area (Å²) in [6.07, 6.45) is 6.82. The van der Waals surface area contributed by atoms with Crippen LogP contribution in [0.4, 0.5) is 68.5 Å². The number of pyridine rings is 2. The van der Waals surface area contributed by atoms with Crippen molar-refractivity contribution in [2.75, 3.05) is 19.6 Å². The largest absolute Gasteiger partial charge is 0.478 e. The summed E-state index contributed by atoms with van der Waals surface area (Å²) in [5.41, 5.74) is 17.9. The number of aliphatic imine (C=N–C) groups is 2. The molecule has 0 saturated heterocycles. The zero-order valence-corrected chi connectivity index (χ0v) is 49.9. The summed E-state index contributed by atoms with van der Waals surface area (Å²) in [6.45, 7) is 17.1. The van der Waals surface area contributed by atoms with Crippen LogP contribution in [0.3, 0.4) is 0 Å². The van der Waals surface area contributed by atoms with Crippen molar-refractivity contribution in [2.24, 2.45) is 9.98 Å². The number of anilines is 8. The maximum Gasteiger partial charge on any atom is 0.124 e. The van der Waals surface area contributed by atoms with Gasteiger partial charge in [0.2, 0.25) is 0 Å². The zero-order valence-electron chi connectivity index (χ0n) is 45.4. The third kappa shape index (κ3) is 15.4. The molecule has 2 aliphatic heterocycles. The van der Waals surface area contributed by atoms with Gasteiger partial charge in [-0.3, -0.25) is 0 Å². The van der Waals surface area contributed by atoms with E-state index in [0.717, 1.165) is 57.1 Å². The fourth-order valence-corrected chi connectivity index (χ4v) is 9.25. The molecule has 0 radical (unpaired) electrons. The molecule has 0 unspecified atom stereocenters. The molecule has 0 fully saturated rings. The summed E-state index contributed by atoms with van der Waals surface area (Å²) in [5.74, 6) is 1.86. The van der Waals surface area contributed by atoms with Crippen molar-refractivity contribution in [3.05, 3.63) is 300 Å². The Morgan fingerprint density at radius 2 is 0.738 bits per heavy atom. The van der Waals surface area contributed by atoms with Crippen LogP contribution >= 0.6 is 0 Å².